The van der Waals surface area contributed by atoms with Gasteiger partial charge in [-0.05, 0) is 36.4 Å². The van der Waals surface area contributed by atoms with Gasteiger partial charge >= 0.3 is 0 Å². The van der Waals surface area contributed by atoms with E-state index >= 15 is 0 Å². The van der Waals surface area contributed by atoms with Gasteiger partial charge in [-0.3, -0.25) is 14.5 Å². The minimum Gasteiger partial charge on any atom is -0.353 e. The average Bonchev–Trinajstić information content (AvgIpc) is 3.42. The Labute approximate surface area is 184 Å². The van der Waals surface area contributed by atoms with Crippen molar-refractivity contribution in [3.05, 3.63) is 58.2 Å². The van der Waals surface area contributed by atoms with E-state index in [1.807, 2.05) is 47.2 Å². The average molecular weight is 441 g/mol. The van der Waals surface area contributed by atoms with Crippen LogP contribution in [0.2, 0.25) is 0 Å². The second-order valence-corrected chi connectivity index (χ2v) is 9.00. The fourth-order valence-corrected chi connectivity index (χ4v) is 5.04. The predicted octanol–water partition coefficient (Wildman–Crippen LogP) is 3.63. The maximum absolute atomic E-state index is 12.4. The van der Waals surface area contributed by atoms with Crippen LogP contribution in [0.25, 0.3) is 10.6 Å². The van der Waals surface area contributed by atoms with Crippen molar-refractivity contribution < 1.29 is 9.59 Å². The summed E-state index contributed by atoms with van der Waals surface area (Å²) in [6.07, 6.45) is 2.00. The Balaban J connectivity index is 1.18. The van der Waals surface area contributed by atoms with Crippen LogP contribution in [-0.2, 0) is 16.0 Å². The van der Waals surface area contributed by atoms with Crippen LogP contribution in [0.1, 0.15) is 18.5 Å². The van der Waals surface area contributed by atoms with Crippen molar-refractivity contribution in [2.24, 2.45) is 0 Å². The number of amides is 2. The lowest BCUT2D eigenvalue weighted by Crippen LogP contribution is -2.46. The van der Waals surface area contributed by atoms with Gasteiger partial charge in [-0.1, -0.05) is 18.2 Å². The second kappa shape index (κ2) is 9.97. The highest BCUT2D eigenvalue weighted by Crippen LogP contribution is 2.25. The molecule has 0 unspecified atom stereocenters. The Kier molecular flexibility index (Phi) is 6.88. The SMILES string of the molecule is O=C(CN1CCC(NC(=O)Cc2csc(-c3ccsc3)n2)CC1)Nc1ccccc1. The van der Waals surface area contributed by atoms with Gasteiger partial charge in [0, 0.05) is 41.1 Å². The summed E-state index contributed by atoms with van der Waals surface area (Å²) in [4.78, 5) is 31.3. The highest BCUT2D eigenvalue weighted by atomic mass is 32.1. The zero-order valence-corrected chi connectivity index (χ0v) is 18.2. The zero-order chi connectivity index (χ0) is 20.8. The first-order valence-electron chi connectivity index (χ1n) is 9.99. The summed E-state index contributed by atoms with van der Waals surface area (Å²) in [6, 6.07) is 11.7. The van der Waals surface area contributed by atoms with E-state index in [4.69, 9.17) is 0 Å². The summed E-state index contributed by atoms with van der Waals surface area (Å²) in [7, 11) is 0. The first-order valence-corrected chi connectivity index (χ1v) is 11.8. The highest BCUT2D eigenvalue weighted by molar-refractivity contribution is 7.14. The zero-order valence-electron chi connectivity index (χ0n) is 16.5. The van der Waals surface area contributed by atoms with E-state index in [1.165, 1.54) is 0 Å². The van der Waals surface area contributed by atoms with Crippen molar-refractivity contribution in [2.75, 3.05) is 25.0 Å². The third-order valence-corrected chi connectivity index (χ3v) is 6.66. The summed E-state index contributed by atoms with van der Waals surface area (Å²) in [6.45, 7) is 1.97. The molecule has 0 radical (unpaired) electrons. The summed E-state index contributed by atoms with van der Waals surface area (Å²) < 4.78 is 0. The molecular weight excluding hydrogens is 416 g/mol. The fourth-order valence-electron chi connectivity index (χ4n) is 3.51. The van der Waals surface area contributed by atoms with E-state index in [9.17, 15) is 9.59 Å². The number of piperidine rings is 1. The van der Waals surface area contributed by atoms with Crippen LogP contribution in [0.15, 0.2) is 52.5 Å². The van der Waals surface area contributed by atoms with E-state index in [0.29, 0.717) is 13.0 Å². The largest absolute Gasteiger partial charge is 0.353 e. The van der Waals surface area contributed by atoms with E-state index in [0.717, 1.165) is 47.9 Å². The number of rotatable bonds is 7. The Morgan fingerprint density at radius 2 is 1.87 bits per heavy atom. The van der Waals surface area contributed by atoms with Crippen LogP contribution in [0, 0.1) is 0 Å². The molecule has 0 atom stereocenters. The molecule has 0 spiro atoms. The summed E-state index contributed by atoms with van der Waals surface area (Å²) in [5.41, 5.74) is 2.74. The van der Waals surface area contributed by atoms with Crippen molar-refractivity contribution in [3.63, 3.8) is 0 Å². The molecule has 4 rings (SSSR count). The smallest absolute Gasteiger partial charge is 0.238 e. The molecule has 1 saturated heterocycles. The van der Waals surface area contributed by atoms with Crippen LogP contribution in [0.4, 0.5) is 5.69 Å². The minimum atomic E-state index is -0.00588. The molecule has 30 heavy (non-hydrogen) atoms. The van der Waals surface area contributed by atoms with Crippen molar-refractivity contribution >= 4 is 40.2 Å². The first-order chi connectivity index (χ1) is 14.7. The predicted molar refractivity (Wildman–Crippen MR) is 122 cm³/mol. The highest BCUT2D eigenvalue weighted by Gasteiger charge is 2.22. The normalized spacial score (nSPS) is 15.1. The van der Waals surface area contributed by atoms with E-state index in [1.54, 1.807) is 22.7 Å². The lowest BCUT2D eigenvalue weighted by atomic mass is 10.0. The molecule has 2 N–H and O–H groups in total. The maximum atomic E-state index is 12.4. The molecular formula is C22H24N4O2S2. The molecule has 1 aliphatic heterocycles. The number of thiazole rings is 1. The molecule has 3 aromatic rings. The molecule has 6 nitrogen and oxygen atoms in total. The molecule has 1 fully saturated rings. The number of benzene rings is 1. The maximum Gasteiger partial charge on any atom is 0.238 e. The molecule has 2 aromatic heterocycles. The van der Waals surface area contributed by atoms with Crippen LogP contribution < -0.4 is 10.6 Å². The van der Waals surface area contributed by atoms with Gasteiger partial charge in [-0.15, -0.1) is 11.3 Å². The third kappa shape index (κ3) is 5.75. The standard InChI is InChI=1S/C22H24N4O2S2/c27-20(12-19-15-30-22(25-19)16-8-11-29-14-16)23-18-6-9-26(10-7-18)13-21(28)24-17-4-2-1-3-5-17/h1-5,8,11,14-15,18H,6-7,9-10,12-13H2,(H,23,27)(H,24,28). The van der Waals surface area contributed by atoms with Crippen molar-refractivity contribution in [3.8, 4) is 10.6 Å². The molecule has 0 bridgehead atoms. The molecule has 1 aromatic carbocycles. The van der Waals surface area contributed by atoms with Gasteiger partial charge in [0.25, 0.3) is 0 Å². The Morgan fingerprint density at radius 1 is 1.07 bits per heavy atom. The Hall–Kier alpha value is -2.55. The van der Waals surface area contributed by atoms with Crippen molar-refractivity contribution in [1.29, 1.82) is 0 Å². The van der Waals surface area contributed by atoms with Gasteiger partial charge in [-0.2, -0.15) is 11.3 Å². The summed E-state index contributed by atoms with van der Waals surface area (Å²) in [5.74, 6) is 0.00563. The lowest BCUT2D eigenvalue weighted by molar-refractivity contribution is -0.122. The second-order valence-electron chi connectivity index (χ2n) is 7.36. The van der Waals surface area contributed by atoms with Gasteiger partial charge in [0.05, 0.1) is 18.7 Å². The first kappa shape index (κ1) is 20.7. The van der Waals surface area contributed by atoms with Crippen LogP contribution in [0.5, 0.6) is 0 Å². The number of nitrogens with one attached hydrogen (secondary N) is 2. The number of hydrogen-bond donors (Lipinski definition) is 2. The number of anilines is 1. The van der Waals surface area contributed by atoms with E-state index in [2.05, 4.69) is 25.9 Å². The molecule has 3 heterocycles. The van der Waals surface area contributed by atoms with Gasteiger partial charge < -0.3 is 10.6 Å². The quantitative estimate of drug-likeness (QED) is 0.588. The molecule has 156 valence electrons. The Bertz CT molecular complexity index is 964. The van der Waals surface area contributed by atoms with Gasteiger partial charge in [0.15, 0.2) is 0 Å². The number of nitrogens with zero attached hydrogens (tertiary/aromatic N) is 2. The number of aromatic nitrogens is 1. The molecule has 1 aliphatic rings. The van der Waals surface area contributed by atoms with Gasteiger partial charge in [0.1, 0.15) is 5.01 Å². The Morgan fingerprint density at radius 3 is 2.60 bits per heavy atom. The van der Waals surface area contributed by atoms with Gasteiger partial charge in [-0.25, -0.2) is 4.98 Å². The van der Waals surface area contributed by atoms with E-state index < -0.39 is 0 Å². The fraction of sp³-hybridized carbons (Fsp3) is 0.318. The topological polar surface area (TPSA) is 74.3 Å². The van der Waals surface area contributed by atoms with Crippen molar-refractivity contribution in [2.45, 2.75) is 25.3 Å². The molecule has 0 aliphatic carbocycles. The molecule has 0 saturated carbocycles. The van der Waals surface area contributed by atoms with Crippen LogP contribution >= 0.6 is 22.7 Å². The lowest BCUT2D eigenvalue weighted by Gasteiger charge is -2.31. The van der Waals surface area contributed by atoms with Crippen LogP contribution in [-0.4, -0.2) is 47.4 Å². The number of para-hydroxylation sites is 1. The monoisotopic (exact) mass is 440 g/mol. The molecule has 2 amide bonds. The number of carbonyl (C=O) groups excluding carboxylic acids is 2. The third-order valence-electron chi connectivity index (χ3n) is 5.04. The summed E-state index contributed by atoms with van der Waals surface area (Å²) in [5, 5.41) is 13.1. The molecule has 8 heteroatoms. The number of carbonyl (C=O) groups is 2. The summed E-state index contributed by atoms with van der Waals surface area (Å²) >= 11 is 3.22. The number of hydrogen-bond acceptors (Lipinski definition) is 6. The number of likely N-dealkylation sites (tertiary alicyclic amines) is 1. The van der Waals surface area contributed by atoms with Crippen LogP contribution in [0.3, 0.4) is 0 Å². The minimum absolute atomic E-state index is 0.00588. The van der Waals surface area contributed by atoms with E-state index in [-0.39, 0.29) is 17.9 Å². The van der Waals surface area contributed by atoms with Gasteiger partial charge in [0.2, 0.25) is 11.8 Å². The van der Waals surface area contributed by atoms with Crippen molar-refractivity contribution in [1.82, 2.24) is 15.2 Å². The number of thiophene rings is 1.